The number of nitrogens with one attached hydrogen (secondary N) is 3. The summed E-state index contributed by atoms with van der Waals surface area (Å²) in [5, 5.41) is 2.03. The van der Waals surface area contributed by atoms with E-state index in [-0.39, 0.29) is 21.8 Å². The number of hydrogen-bond acceptors (Lipinski definition) is 5. The number of H-pyrrole nitrogens is 1. The fraction of sp³-hybridized carbons (Fsp3) is 0. The van der Waals surface area contributed by atoms with Gasteiger partial charge in [-0.25, -0.2) is 4.98 Å². The van der Waals surface area contributed by atoms with E-state index < -0.39 is 21.8 Å². The maximum atomic E-state index is 12.0. The molecule has 9 heteroatoms. The van der Waals surface area contributed by atoms with Crippen molar-refractivity contribution >= 4 is 27.5 Å². The molecule has 1 aromatic carbocycles. The number of sulfonamides is 1. The van der Waals surface area contributed by atoms with Gasteiger partial charge in [-0.1, -0.05) is 0 Å². The molecule has 1 aliphatic heterocycles. The van der Waals surface area contributed by atoms with Crippen LogP contribution in [0.1, 0.15) is 20.7 Å². The molecule has 0 unspecified atom stereocenters. The highest BCUT2D eigenvalue weighted by Crippen LogP contribution is 2.22. The summed E-state index contributed by atoms with van der Waals surface area (Å²) in [5.74, 6) is -1.04. The van der Waals surface area contributed by atoms with Crippen LogP contribution in [0.3, 0.4) is 0 Å². The smallest absolute Gasteiger partial charge is 0.278 e. The van der Waals surface area contributed by atoms with Crippen molar-refractivity contribution < 1.29 is 18.0 Å². The molecule has 2 aromatic rings. The van der Waals surface area contributed by atoms with Crippen molar-refractivity contribution in [2.45, 2.75) is 5.03 Å². The van der Waals surface area contributed by atoms with E-state index in [4.69, 9.17) is 0 Å². The maximum Gasteiger partial charge on any atom is 0.278 e. The first-order chi connectivity index (χ1) is 9.47. The third-order valence-electron chi connectivity index (χ3n) is 2.75. The van der Waals surface area contributed by atoms with Crippen LogP contribution in [-0.2, 0) is 10.0 Å². The van der Waals surface area contributed by atoms with Crippen molar-refractivity contribution in [1.29, 1.82) is 0 Å². The molecule has 2 amide bonds. The third-order valence-corrected chi connectivity index (χ3v) is 4.06. The number of nitrogens with zero attached hydrogens (tertiary/aromatic N) is 1. The fourth-order valence-electron chi connectivity index (χ4n) is 1.83. The van der Waals surface area contributed by atoms with Crippen LogP contribution >= 0.6 is 0 Å². The Morgan fingerprint density at radius 2 is 1.85 bits per heavy atom. The number of aromatic nitrogens is 2. The van der Waals surface area contributed by atoms with Crippen LogP contribution in [-0.4, -0.2) is 30.2 Å². The SMILES string of the molecule is O=C1NC(=O)c2cc(NS(=O)(=O)c3cnc[nH]3)ccc21. The summed E-state index contributed by atoms with van der Waals surface area (Å²) in [6.07, 6.45) is 2.40. The molecule has 1 aromatic heterocycles. The van der Waals surface area contributed by atoms with E-state index in [0.29, 0.717) is 0 Å². The highest BCUT2D eigenvalue weighted by Gasteiger charge is 2.27. The minimum Gasteiger partial charge on any atom is -0.334 e. The molecule has 0 radical (unpaired) electrons. The summed E-state index contributed by atoms with van der Waals surface area (Å²) in [5.41, 5.74) is 0.544. The van der Waals surface area contributed by atoms with E-state index in [1.807, 2.05) is 0 Å². The van der Waals surface area contributed by atoms with Crippen molar-refractivity contribution in [3.05, 3.63) is 41.9 Å². The lowest BCUT2D eigenvalue weighted by Crippen LogP contribution is -2.19. The van der Waals surface area contributed by atoms with Crippen LogP contribution in [0.25, 0.3) is 0 Å². The number of amides is 2. The van der Waals surface area contributed by atoms with Crippen LogP contribution < -0.4 is 10.0 Å². The number of imide groups is 1. The molecular weight excluding hydrogens is 284 g/mol. The number of aromatic amines is 1. The van der Waals surface area contributed by atoms with Gasteiger partial charge in [0, 0.05) is 5.69 Å². The van der Waals surface area contributed by atoms with Crippen molar-refractivity contribution in [3.8, 4) is 0 Å². The van der Waals surface area contributed by atoms with Crippen molar-refractivity contribution in [3.63, 3.8) is 0 Å². The summed E-state index contributed by atoms with van der Waals surface area (Å²) in [4.78, 5) is 29.0. The topological polar surface area (TPSA) is 121 Å². The summed E-state index contributed by atoms with van der Waals surface area (Å²) in [6.45, 7) is 0. The summed E-state index contributed by atoms with van der Waals surface area (Å²) in [6, 6.07) is 4.11. The van der Waals surface area contributed by atoms with E-state index in [0.717, 1.165) is 6.20 Å². The number of anilines is 1. The number of carbonyl (C=O) groups excluding carboxylic acids is 2. The van der Waals surface area contributed by atoms with Gasteiger partial charge in [-0.3, -0.25) is 19.6 Å². The van der Waals surface area contributed by atoms with Crippen LogP contribution in [0.2, 0.25) is 0 Å². The normalized spacial score (nSPS) is 14.0. The zero-order chi connectivity index (χ0) is 14.3. The zero-order valence-electron chi connectivity index (χ0n) is 9.88. The zero-order valence-corrected chi connectivity index (χ0v) is 10.7. The minimum atomic E-state index is -3.80. The second-order valence-electron chi connectivity index (χ2n) is 4.06. The van der Waals surface area contributed by atoms with Gasteiger partial charge in [0.2, 0.25) is 0 Å². The Bertz CT molecular complexity index is 811. The van der Waals surface area contributed by atoms with Crippen LogP contribution in [0.15, 0.2) is 35.7 Å². The highest BCUT2D eigenvalue weighted by molar-refractivity contribution is 7.92. The lowest BCUT2D eigenvalue weighted by atomic mass is 10.1. The lowest BCUT2D eigenvalue weighted by Gasteiger charge is -2.06. The van der Waals surface area contributed by atoms with Crippen molar-refractivity contribution in [1.82, 2.24) is 15.3 Å². The predicted molar refractivity (Wildman–Crippen MR) is 67.6 cm³/mol. The van der Waals surface area contributed by atoms with Gasteiger partial charge in [0.05, 0.1) is 23.7 Å². The maximum absolute atomic E-state index is 12.0. The molecule has 8 nitrogen and oxygen atoms in total. The van der Waals surface area contributed by atoms with Gasteiger partial charge in [-0.05, 0) is 18.2 Å². The number of fused-ring (bicyclic) bond motifs is 1. The minimum absolute atomic E-state index is 0.0986. The van der Waals surface area contributed by atoms with Crippen LogP contribution in [0.5, 0.6) is 0 Å². The largest absolute Gasteiger partial charge is 0.334 e. The quantitative estimate of drug-likeness (QED) is 0.692. The summed E-state index contributed by atoms with van der Waals surface area (Å²) < 4.78 is 26.2. The van der Waals surface area contributed by atoms with E-state index in [1.54, 1.807) is 0 Å². The first-order valence-corrected chi connectivity index (χ1v) is 6.96. The van der Waals surface area contributed by atoms with E-state index in [2.05, 4.69) is 20.0 Å². The standard InChI is InChI=1S/C11H8N4O4S/c16-10-7-2-1-6(3-8(7)11(17)14-10)15-20(18,19)9-4-12-5-13-9/h1-5,15H,(H,12,13)(H,14,16,17). The fourth-order valence-corrected chi connectivity index (χ4v) is 2.79. The van der Waals surface area contributed by atoms with Gasteiger partial charge in [-0.2, -0.15) is 8.42 Å². The Balaban J connectivity index is 1.96. The number of benzene rings is 1. The molecule has 0 spiro atoms. The van der Waals surface area contributed by atoms with Crippen LogP contribution in [0.4, 0.5) is 5.69 Å². The molecule has 0 saturated carbocycles. The molecule has 1 aliphatic rings. The van der Waals surface area contributed by atoms with Gasteiger partial charge in [0.15, 0.2) is 5.03 Å². The van der Waals surface area contributed by atoms with Gasteiger partial charge in [0.25, 0.3) is 21.8 Å². The Hall–Kier alpha value is -2.68. The Labute approximate surface area is 113 Å². The number of imidazole rings is 1. The van der Waals surface area contributed by atoms with Gasteiger partial charge in [-0.15, -0.1) is 0 Å². The van der Waals surface area contributed by atoms with Gasteiger partial charge < -0.3 is 4.98 Å². The van der Waals surface area contributed by atoms with E-state index in [9.17, 15) is 18.0 Å². The monoisotopic (exact) mass is 292 g/mol. The van der Waals surface area contributed by atoms with Gasteiger partial charge in [0.1, 0.15) is 0 Å². The Morgan fingerprint density at radius 3 is 2.55 bits per heavy atom. The molecule has 0 fully saturated rings. The molecule has 0 bridgehead atoms. The molecule has 2 heterocycles. The number of hydrogen-bond donors (Lipinski definition) is 3. The molecule has 0 saturated heterocycles. The molecular formula is C11H8N4O4S. The third kappa shape index (κ3) is 1.93. The Kier molecular flexibility index (Phi) is 2.57. The van der Waals surface area contributed by atoms with Gasteiger partial charge >= 0.3 is 0 Å². The van der Waals surface area contributed by atoms with Crippen molar-refractivity contribution in [2.75, 3.05) is 4.72 Å². The molecule has 0 aliphatic carbocycles. The van der Waals surface area contributed by atoms with Crippen LogP contribution in [0, 0.1) is 0 Å². The second-order valence-corrected chi connectivity index (χ2v) is 5.72. The molecule has 0 atom stereocenters. The summed E-state index contributed by atoms with van der Waals surface area (Å²) >= 11 is 0. The lowest BCUT2D eigenvalue weighted by molar-refractivity contribution is 0.0879. The molecule has 102 valence electrons. The average Bonchev–Trinajstić information content (AvgIpc) is 2.99. The summed E-state index contributed by atoms with van der Waals surface area (Å²) in [7, 11) is -3.80. The first kappa shape index (κ1) is 12.4. The van der Waals surface area contributed by atoms with Crippen molar-refractivity contribution in [2.24, 2.45) is 0 Å². The van der Waals surface area contributed by atoms with E-state index in [1.165, 1.54) is 24.5 Å². The predicted octanol–water partition coefficient (Wildman–Crippen LogP) is 0.0941. The first-order valence-electron chi connectivity index (χ1n) is 5.48. The molecule has 3 N–H and O–H groups in total. The molecule has 20 heavy (non-hydrogen) atoms. The van der Waals surface area contributed by atoms with E-state index >= 15 is 0 Å². The number of rotatable bonds is 3. The second kappa shape index (κ2) is 4.17. The average molecular weight is 292 g/mol. The molecule has 3 rings (SSSR count). The Morgan fingerprint density at radius 1 is 1.10 bits per heavy atom. The highest BCUT2D eigenvalue weighted by atomic mass is 32.2. The number of carbonyl (C=O) groups is 2.